The molecule has 12 aromatic rings. The minimum Gasteiger partial charge on any atom is -0.455 e. The van der Waals surface area contributed by atoms with Crippen LogP contribution in [-0.2, 0) is 0 Å². The van der Waals surface area contributed by atoms with Gasteiger partial charge in [-0.3, -0.25) is 0 Å². The van der Waals surface area contributed by atoms with Crippen LogP contribution in [0.25, 0.3) is 98.8 Å². The van der Waals surface area contributed by atoms with Gasteiger partial charge < -0.3 is 9.32 Å². The molecule has 0 spiro atoms. The van der Waals surface area contributed by atoms with Crippen LogP contribution in [0.15, 0.2) is 241 Å². The zero-order valence-corrected chi connectivity index (χ0v) is 33.9. The second-order valence-electron chi connectivity index (χ2n) is 16.0. The van der Waals surface area contributed by atoms with Gasteiger partial charge in [-0.1, -0.05) is 188 Å². The highest BCUT2D eigenvalue weighted by Gasteiger charge is 2.23. The van der Waals surface area contributed by atoms with Crippen LogP contribution in [0.2, 0.25) is 0 Å². The summed E-state index contributed by atoms with van der Waals surface area (Å²) in [7, 11) is 0. The van der Waals surface area contributed by atoms with E-state index in [0.717, 1.165) is 55.5 Å². The highest BCUT2D eigenvalue weighted by atomic mass is 16.3. The van der Waals surface area contributed by atoms with Crippen molar-refractivity contribution in [1.29, 1.82) is 0 Å². The highest BCUT2D eigenvalue weighted by molar-refractivity contribution is 6.33. The fourth-order valence-corrected chi connectivity index (χ4v) is 9.57. The average molecular weight is 790 g/mol. The number of nitrogens with zero attached hydrogens (tertiary/aromatic N) is 1. The maximum absolute atomic E-state index is 6.97. The molecule has 1 heterocycles. The summed E-state index contributed by atoms with van der Waals surface area (Å²) in [6, 6.07) is 85.3. The summed E-state index contributed by atoms with van der Waals surface area (Å²) < 4.78 is 6.97. The predicted molar refractivity (Wildman–Crippen MR) is 263 cm³/mol. The van der Waals surface area contributed by atoms with Gasteiger partial charge in [0.2, 0.25) is 0 Å². The molecule has 62 heavy (non-hydrogen) atoms. The second-order valence-corrected chi connectivity index (χ2v) is 16.0. The number of anilines is 3. The van der Waals surface area contributed by atoms with E-state index in [1.54, 1.807) is 0 Å². The zero-order valence-electron chi connectivity index (χ0n) is 33.9. The van der Waals surface area contributed by atoms with E-state index in [-0.39, 0.29) is 0 Å². The van der Waals surface area contributed by atoms with E-state index < -0.39 is 0 Å². The van der Waals surface area contributed by atoms with Crippen LogP contribution in [0.3, 0.4) is 0 Å². The molecule has 2 nitrogen and oxygen atoms in total. The average Bonchev–Trinajstić information content (AvgIpc) is 3.75. The molecule has 0 atom stereocenters. The van der Waals surface area contributed by atoms with Crippen LogP contribution in [0.5, 0.6) is 0 Å². The molecule has 0 aliphatic rings. The SMILES string of the molecule is c1ccc(-c2ccc(N(c3ccc(-c4ccccc4)cc3)c3ccc(-c4c(-c5cccc6ccccc56)ccc5oc6c7ccccc7c7ccccc7c6c45)cc3)cc2)cc1. The van der Waals surface area contributed by atoms with E-state index in [2.05, 4.69) is 241 Å². The maximum Gasteiger partial charge on any atom is 0.143 e. The van der Waals surface area contributed by atoms with Gasteiger partial charge >= 0.3 is 0 Å². The first-order valence-electron chi connectivity index (χ1n) is 21.3. The van der Waals surface area contributed by atoms with Crippen molar-refractivity contribution in [2.24, 2.45) is 0 Å². The van der Waals surface area contributed by atoms with Gasteiger partial charge in [0.15, 0.2) is 0 Å². The molecule has 1 aromatic heterocycles. The van der Waals surface area contributed by atoms with Gasteiger partial charge in [-0.15, -0.1) is 0 Å². The molecule has 11 aromatic carbocycles. The first-order chi connectivity index (χ1) is 30.8. The molecule has 0 saturated heterocycles. The fourth-order valence-electron chi connectivity index (χ4n) is 9.57. The molecule has 0 unspecified atom stereocenters. The van der Waals surface area contributed by atoms with Crippen LogP contribution in [0.1, 0.15) is 0 Å². The third kappa shape index (κ3) is 5.96. The summed E-state index contributed by atoms with van der Waals surface area (Å²) >= 11 is 0. The second kappa shape index (κ2) is 14.8. The maximum atomic E-state index is 6.97. The van der Waals surface area contributed by atoms with Gasteiger partial charge in [0.05, 0.1) is 0 Å². The Labute approximate surface area is 360 Å². The number of fused-ring (bicyclic) bond motifs is 9. The fraction of sp³-hybridized carbons (Fsp3) is 0. The molecule has 0 radical (unpaired) electrons. The van der Waals surface area contributed by atoms with E-state index in [0.29, 0.717) is 0 Å². The van der Waals surface area contributed by atoms with Gasteiger partial charge in [0.1, 0.15) is 11.2 Å². The molecular weight excluding hydrogens is 751 g/mol. The van der Waals surface area contributed by atoms with Gasteiger partial charge in [-0.2, -0.15) is 0 Å². The van der Waals surface area contributed by atoms with Crippen molar-refractivity contribution in [3.63, 3.8) is 0 Å². The van der Waals surface area contributed by atoms with Gasteiger partial charge in [0, 0.05) is 38.8 Å². The number of hydrogen-bond donors (Lipinski definition) is 0. The van der Waals surface area contributed by atoms with Crippen molar-refractivity contribution in [2.45, 2.75) is 0 Å². The summed E-state index contributed by atoms with van der Waals surface area (Å²) in [6.45, 7) is 0. The molecule has 0 aliphatic carbocycles. The molecule has 2 heteroatoms. The van der Waals surface area contributed by atoms with E-state index >= 15 is 0 Å². The minimum atomic E-state index is 0.878. The summed E-state index contributed by atoms with van der Waals surface area (Å²) in [4.78, 5) is 2.35. The Balaban J connectivity index is 1.08. The molecule has 0 fully saturated rings. The molecule has 0 bridgehead atoms. The largest absolute Gasteiger partial charge is 0.455 e. The normalized spacial score (nSPS) is 11.5. The Morgan fingerprint density at radius 1 is 0.274 bits per heavy atom. The van der Waals surface area contributed by atoms with E-state index in [1.165, 1.54) is 60.3 Å². The summed E-state index contributed by atoms with van der Waals surface area (Å²) in [5.41, 5.74) is 14.5. The van der Waals surface area contributed by atoms with E-state index in [1.807, 2.05) is 0 Å². The Bertz CT molecular complexity index is 3500. The first kappa shape index (κ1) is 35.7. The summed E-state index contributed by atoms with van der Waals surface area (Å²) in [5, 5.41) is 9.45. The van der Waals surface area contributed by atoms with E-state index in [9.17, 15) is 0 Å². The zero-order chi connectivity index (χ0) is 41.0. The number of hydrogen-bond acceptors (Lipinski definition) is 2. The van der Waals surface area contributed by atoms with Crippen LogP contribution >= 0.6 is 0 Å². The number of rotatable bonds is 7. The van der Waals surface area contributed by atoms with Crippen LogP contribution in [0.4, 0.5) is 17.1 Å². The van der Waals surface area contributed by atoms with Crippen molar-refractivity contribution >= 4 is 71.3 Å². The van der Waals surface area contributed by atoms with Gasteiger partial charge in [0.25, 0.3) is 0 Å². The number of benzene rings is 11. The number of furan rings is 1. The Morgan fingerprint density at radius 3 is 1.32 bits per heavy atom. The predicted octanol–water partition coefficient (Wildman–Crippen LogP) is 17.2. The minimum absolute atomic E-state index is 0.878. The summed E-state index contributed by atoms with van der Waals surface area (Å²) in [5.74, 6) is 0. The Kier molecular flexibility index (Phi) is 8.53. The van der Waals surface area contributed by atoms with Crippen molar-refractivity contribution < 1.29 is 4.42 Å². The highest BCUT2D eigenvalue weighted by Crippen LogP contribution is 2.49. The van der Waals surface area contributed by atoms with Gasteiger partial charge in [-0.05, 0) is 114 Å². The lowest BCUT2D eigenvalue weighted by Crippen LogP contribution is -2.09. The lowest BCUT2D eigenvalue weighted by molar-refractivity contribution is 0.673. The lowest BCUT2D eigenvalue weighted by Gasteiger charge is -2.26. The smallest absolute Gasteiger partial charge is 0.143 e. The van der Waals surface area contributed by atoms with Gasteiger partial charge in [-0.25, -0.2) is 0 Å². The standard InChI is InChI=1S/C60H39NO/c1-3-14-40(15-4-1)42-26-32-46(33-27-42)61(47-34-28-43(29-35-47)41-16-5-2-6-17-41)48-36-30-45(31-37-48)57-54(50-25-13-19-44-18-7-8-20-49(44)50)38-39-56-59(57)58-53-23-11-9-21-51(53)52-22-10-12-24-55(52)60(58)62-56/h1-39H. The molecule has 0 amide bonds. The first-order valence-corrected chi connectivity index (χ1v) is 21.3. The molecule has 290 valence electrons. The third-order valence-corrected chi connectivity index (χ3v) is 12.5. The molecule has 0 N–H and O–H groups in total. The topological polar surface area (TPSA) is 16.4 Å². The Morgan fingerprint density at radius 2 is 0.726 bits per heavy atom. The molecule has 12 rings (SSSR count). The van der Waals surface area contributed by atoms with Crippen molar-refractivity contribution in [1.82, 2.24) is 0 Å². The van der Waals surface area contributed by atoms with Crippen molar-refractivity contribution in [3.05, 3.63) is 237 Å². The molecule has 0 saturated carbocycles. The van der Waals surface area contributed by atoms with Crippen LogP contribution < -0.4 is 4.90 Å². The molecular formula is C60H39NO. The van der Waals surface area contributed by atoms with E-state index in [4.69, 9.17) is 4.42 Å². The van der Waals surface area contributed by atoms with Crippen molar-refractivity contribution in [2.75, 3.05) is 4.90 Å². The third-order valence-electron chi connectivity index (χ3n) is 12.5. The Hall–Kier alpha value is -8.20. The van der Waals surface area contributed by atoms with Crippen molar-refractivity contribution in [3.8, 4) is 44.5 Å². The van der Waals surface area contributed by atoms with Crippen LogP contribution in [0, 0.1) is 0 Å². The lowest BCUT2D eigenvalue weighted by atomic mass is 9.87. The quantitative estimate of drug-likeness (QED) is 0.150. The monoisotopic (exact) mass is 789 g/mol. The molecule has 0 aliphatic heterocycles. The van der Waals surface area contributed by atoms with Crippen LogP contribution in [-0.4, -0.2) is 0 Å². The summed E-state index contributed by atoms with van der Waals surface area (Å²) in [6.07, 6.45) is 0.